The van der Waals surface area contributed by atoms with Crippen LogP contribution in [0, 0.1) is 0 Å². The highest BCUT2D eigenvalue weighted by atomic mass is 16.5. The van der Waals surface area contributed by atoms with Crippen molar-refractivity contribution in [2.75, 3.05) is 55.1 Å². The van der Waals surface area contributed by atoms with E-state index < -0.39 is 0 Å². The van der Waals surface area contributed by atoms with E-state index >= 15 is 0 Å². The number of morpholine rings is 1. The molecule has 1 fully saturated rings. The lowest BCUT2D eigenvalue weighted by Gasteiger charge is -2.31. The van der Waals surface area contributed by atoms with Crippen molar-refractivity contribution in [3.8, 4) is 11.5 Å². The van der Waals surface area contributed by atoms with Gasteiger partial charge in [0.2, 0.25) is 5.91 Å². The number of nitrogens with zero attached hydrogens (tertiary/aromatic N) is 1. The van der Waals surface area contributed by atoms with Crippen molar-refractivity contribution in [3.63, 3.8) is 0 Å². The minimum atomic E-state index is -0.273. The van der Waals surface area contributed by atoms with Crippen LogP contribution >= 0.6 is 0 Å². The van der Waals surface area contributed by atoms with Crippen molar-refractivity contribution in [2.24, 2.45) is 0 Å². The van der Waals surface area contributed by atoms with Crippen LogP contribution in [-0.2, 0) is 16.0 Å². The van der Waals surface area contributed by atoms with Crippen molar-refractivity contribution < 1.29 is 23.8 Å². The minimum absolute atomic E-state index is 0.0637. The van der Waals surface area contributed by atoms with E-state index in [1.807, 2.05) is 26.0 Å². The molecule has 2 aromatic rings. The molecule has 164 valence electrons. The van der Waals surface area contributed by atoms with E-state index in [-0.39, 0.29) is 18.2 Å². The van der Waals surface area contributed by atoms with Crippen LogP contribution in [0.3, 0.4) is 0 Å². The summed E-state index contributed by atoms with van der Waals surface area (Å²) in [6.07, 6.45) is 0.281. The van der Waals surface area contributed by atoms with Gasteiger partial charge in [-0.15, -0.1) is 0 Å². The van der Waals surface area contributed by atoms with Crippen molar-refractivity contribution in [1.82, 2.24) is 0 Å². The van der Waals surface area contributed by atoms with Gasteiger partial charge in [-0.05, 0) is 37.6 Å². The molecule has 8 heteroatoms. The van der Waals surface area contributed by atoms with Crippen molar-refractivity contribution in [3.05, 3.63) is 41.5 Å². The lowest BCUT2D eigenvalue weighted by Crippen LogP contribution is -2.36. The Morgan fingerprint density at radius 2 is 1.84 bits per heavy atom. The summed E-state index contributed by atoms with van der Waals surface area (Å²) in [4.78, 5) is 26.8. The normalized spacial score (nSPS) is 15.3. The van der Waals surface area contributed by atoms with Crippen molar-refractivity contribution in [2.45, 2.75) is 20.3 Å². The van der Waals surface area contributed by atoms with Crippen LogP contribution in [-0.4, -0.2) is 51.3 Å². The second kappa shape index (κ2) is 9.26. The number of carbonyl (C=O) groups is 2. The molecule has 31 heavy (non-hydrogen) atoms. The molecule has 2 aromatic carbocycles. The summed E-state index contributed by atoms with van der Waals surface area (Å²) in [7, 11) is 0. The zero-order valence-corrected chi connectivity index (χ0v) is 17.8. The Labute approximate surface area is 181 Å². The van der Waals surface area contributed by atoms with Gasteiger partial charge in [0, 0.05) is 36.5 Å². The quantitative estimate of drug-likeness (QED) is 0.709. The number of ether oxygens (including phenoxy) is 3. The maximum absolute atomic E-state index is 13.0. The molecule has 0 aliphatic carbocycles. The van der Waals surface area contributed by atoms with E-state index in [2.05, 4.69) is 15.5 Å². The Bertz CT molecular complexity index is 985. The highest BCUT2D eigenvalue weighted by molar-refractivity contribution is 6.07. The SMILES string of the molecule is CCOc1cc(N2CCOCC2)c(OCC)cc1NC(=O)c1ccc2c(c1)CC(=O)N2. The third-order valence-corrected chi connectivity index (χ3v) is 5.25. The van der Waals surface area contributed by atoms with Crippen molar-refractivity contribution in [1.29, 1.82) is 0 Å². The predicted molar refractivity (Wildman–Crippen MR) is 119 cm³/mol. The molecule has 0 saturated carbocycles. The number of hydrogen-bond acceptors (Lipinski definition) is 6. The van der Waals surface area contributed by atoms with Gasteiger partial charge in [-0.25, -0.2) is 0 Å². The first-order valence-electron chi connectivity index (χ1n) is 10.6. The van der Waals surface area contributed by atoms with Gasteiger partial charge in [0.25, 0.3) is 5.91 Å². The van der Waals surface area contributed by atoms with Gasteiger partial charge in [-0.2, -0.15) is 0 Å². The first kappa shape index (κ1) is 21.0. The molecule has 0 radical (unpaired) electrons. The third-order valence-electron chi connectivity index (χ3n) is 5.25. The first-order chi connectivity index (χ1) is 15.1. The average Bonchev–Trinajstić information content (AvgIpc) is 3.15. The number of anilines is 3. The smallest absolute Gasteiger partial charge is 0.255 e. The summed E-state index contributed by atoms with van der Waals surface area (Å²) >= 11 is 0. The molecule has 2 aliphatic heterocycles. The number of fused-ring (bicyclic) bond motifs is 1. The number of nitrogens with one attached hydrogen (secondary N) is 2. The lowest BCUT2D eigenvalue weighted by molar-refractivity contribution is -0.115. The molecule has 0 unspecified atom stereocenters. The van der Waals surface area contributed by atoms with Crippen LogP contribution in [0.1, 0.15) is 29.8 Å². The second-order valence-electron chi connectivity index (χ2n) is 7.33. The largest absolute Gasteiger partial charge is 0.492 e. The fourth-order valence-corrected chi connectivity index (χ4v) is 3.81. The molecule has 4 rings (SSSR count). The van der Waals surface area contributed by atoms with Gasteiger partial charge >= 0.3 is 0 Å². The molecule has 0 bridgehead atoms. The number of carbonyl (C=O) groups excluding carboxylic acids is 2. The highest BCUT2D eigenvalue weighted by Gasteiger charge is 2.22. The summed E-state index contributed by atoms with van der Waals surface area (Å²) in [5, 5.41) is 5.73. The molecule has 0 spiro atoms. The van der Waals surface area contributed by atoms with Crippen LogP contribution in [0.2, 0.25) is 0 Å². The van der Waals surface area contributed by atoms with Gasteiger partial charge in [0.15, 0.2) is 0 Å². The number of hydrogen-bond donors (Lipinski definition) is 2. The minimum Gasteiger partial charge on any atom is -0.492 e. The van der Waals surface area contributed by atoms with Crippen molar-refractivity contribution >= 4 is 28.9 Å². The number of amides is 2. The summed E-state index contributed by atoms with van der Waals surface area (Å²) in [5.74, 6) is 0.932. The lowest BCUT2D eigenvalue weighted by atomic mass is 10.1. The monoisotopic (exact) mass is 425 g/mol. The topological polar surface area (TPSA) is 89.1 Å². The van der Waals surface area contributed by atoms with Gasteiger partial charge in [-0.1, -0.05) is 0 Å². The van der Waals surface area contributed by atoms with E-state index in [0.717, 1.165) is 30.0 Å². The Balaban J connectivity index is 1.63. The molecule has 2 aliphatic rings. The molecular weight excluding hydrogens is 398 g/mol. The molecule has 8 nitrogen and oxygen atoms in total. The Kier molecular flexibility index (Phi) is 6.27. The molecule has 0 aromatic heterocycles. The van der Waals surface area contributed by atoms with E-state index in [1.54, 1.807) is 18.2 Å². The van der Waals surface area contributed by atoms with E-state index in [4.69, 9.17) is 14.2 Å². The molecular formula is C23H27N3O5. The van der Waals surface area contributed by atoms with E-state index in [1.165, 1.54) is 0 Å². The van der Waals surface area contributed by atoms with Crippen LogP contribution in [0.15, 0.2) is 30.3 Å². The van der Waals surface area contributed by atoms with Crippen LogP contribution in [0.4, 0.5) is 17.1 Å². The van der Waals surface area contributed by atoms with Crippen LogP contribution < -0.4 is 25.0 Å². The van der Waals surface area contributed by atoms with E-state index in [9.17, 15) is 9.59 Å². The standard InChI is InChI=1S/C23H27N3O5/c1-3-30-20-14-19(26-7-9-29-10-8-26)21(31-4-2)13-18(20)25-23(28)15-5-6-17-16(11-15)12-22(27)24-17/h5-6,11,13-14H,3-4,7-10,12H2,1-2H3,(H,24,27)(H,25,28). The zero-order chi connectivity index (χ0) is 21.8. The average molecular weight is 425 g/mol. The highest BCUT2D eigenvalue weighted by Crippen LogP contribution is 2.39. The van der Waals surface area contributed by atoms with Gasteiger partial charge in [-0.3, -0.25) is 9.59 Å². The maximum atomic E-state index is 13.0. The summed E-state index contributed by atoms with van der Waals surface area (Å²) in [6.45, 7) is 7.64. The van der Waals surface area contributed by atoms with E-state index in [0.29, 0.717) is 49.2 Å². The molecule has 2 heterocycles. The Morgan fingerprint density at radius 1 is 1.10 bits per heavy atom. The van der Waals surface area contributed by atoms with Crippen LogP contribution in [0.5, 0.6) is 11.5 Å². The fourth-order valence-electron chi connectivity index (χ4n) is 3.81. The Morgan fingerprint density at radius 3 is 2.58 bits per heavy atom. The second-order valence-corrected chi connectivity index (χ2v) is 7.33. The predicted octanol–water partition coefficient (Wildman–Crippen LogP) is 3.07. The number of benzene rings is 2. The molecule has 2 amide bonds. The third kappa shape index (κ3) is 4.59. The van der Waals surface area contributed by atoms with Gasteiger partial charge in [0.05, 0.1) is 44.2 Å². The van der Waals surface area contributed by atoms with Gasteiger partial charge in [0.1, 0.15) is 11.5 Å². The molecule has 2 N–H and O–H groups in total. The number of rotatable bonds is 7. The zero-order valence-electron chi connectivity index (χ0n) is 17.8. The van der Waals surface area contributed by atoms with Gasteiger partial charge < -0.3 is 29.7 Å². The summed E-state index contributed by atoms with van der Waals surface area (Å²) in [6, 6.07) is 8.93. The molecule has 1 saturated heterocycles. The Hall–Kier alpha value is -3.26. The van der Waals surface area contributed by atoms with Crippen LogP contribution in [0.25, 0.3) is 0 Å². The first-order valence-corrected chi connectivity index (χ1v) is 10.6. The summed E-state index contributed by atoms with van der Waals surface area (Å²) in [5.41, 5.74) is 3.52. The maximum Gasteiger partial charge on any atom is 0.255 e. The summed E-state index contributed by atoms with van der Waals surface area (Å²) < 4.78 is 17.2. The molecule has 0 atom stereocenters. The fraction of sp³-hybridized carbons (Fsp3) is 0.391.